The minimum atomic E-state index is -4.34. The van der Waals surface area contributed by atoms with Gasteiger partial charge in [0.1, 0.15) is 18.5 Å². The van der Waals surface area contributed by atoms with Crippen LogP contribution in [0.1, 0.15) is 16.7 Å². The summed E-state index contributed by atoms with van der Waals surface area (Å²) in [6, 6.07) is 13.5. The number of aliphatic hydroxyl groups is 1. The van der Waals surface area contributed by atoms with Gasteiger partial charge in [-0.25, -0.2) is 0 Å². The van der Waals surface area contributed by atoms with E-state index >= 15 is 0 Å². The summed E-state index contributed by atoms with van der Waals surface area (Å²) in [6.07, 6.45) is -5.10. The van der Waals surface area contributed by atoms with Crippen LogP contribution in [-0.2, 0) is 12.7 Å². The van der Waals surface area contributed by atoms with Crippen LogP contribution in [0.3, 0.4) is 0 Å². The third-order valence-electron chi connectivity index (χ3n) is 3.68. The van der Waals surface area contributed by atoms with Crippen molar-refractivity contribution in [3.05, 3.63) is 65.2 Å². The first kappa shape index (κ1) is 19.8. The minimum absolute atomic E-state index is 0.0727. The van der Waals surface area contributed by atoms with Gasteiger partial charge in [-0.1, -0.05) is 12.1 Å². The van der Waals surface area contributed by atoms with Crippen molar-refractivity contribution >= 4 is 0 Å². The molecule has 1 N–H and O–H groups in total. The number of halogens is 3. The van der Waals surface area contributed by atoms with Crippen LogP contribution < -0.4 is 4.74 Å². The first-order chi connectivity index (χ1) is 12.3. The Balaban J connectivity index is 1.79. The highest BCUT2D eigenvalue weighted by atomic mass is 19.4. The van der Waals surface area contributed by atoms with Gasteiger partial charge in [0.25, 0.3) is 0 Å². The summed E-state index contributed by atoms with van der Waals surface area (Å²) >= 11 is 0. The average Bonchev–Trinajstić information content (AvgIpc) is 2.60. The molecular formula is C19H19F3N2O2. The Labute approximate surface area is 150 Å². The summed E-state index contributed by atoms with van der Waals surface area (Å²) < 4.78 is 43.1. The van der Waals surface area contributed by atoms with Crippen molar-refractivity contribution in [3.8, 4) is 11.8 Å². The van der Waals surface area contributed by atoms with Gasteiger partial charge in [0.05, 0.1) is 17.2 Å². The summed E-state index contributed by atoms with van der Waals surface area (Å²) in [6.45, 7) is 0.784. The molecule has 1 unspecified atom stereocenters. The molecule has 138 valence electrons. The highest BCUT2D eigenvalue weighted by Gasteiger charge is 2.29. The molecule has 4 nitrogen and oxygen atoms in total. The summed E-state index contributed by atoms with van der Waals surface area (Å²) in [7, 11) is 1.77. The predicted molar refractivity (Wildman–Crippen MR) is 90.4 cm³/mol. The lowest BCUT2D eigenvalue weighted by molar-refractivity contribution is -0.137. The number of rotatable bonds is 7. The van der Waals surface area contributed by atoms with Crippen LogP contribution in [0, 0.1) is 11.3 Å². The molecule has 0 bridgehead atoms. The Kier molecular flexibility index (Phi) is 6.61. The van der Waals surface area contributed by atoms with E-state index in [1.54, 1.807) is 36.2 Å². The Morgan fingerprint density at radius 3 is 2.27 bits per heavy atom. The van der Waals surface area contributed by atoms with Crippen molar-refractivity contribution in [1.82, 2.24) is 4.90 Å². The fourth-order valence-corrected chi connectivity index (χ4v) is 2.41. The van der Waals surface area contributed by atoms with Crippen molar-refractivity contribution in [2.24, 2.45) is 0 Å². The van der Waals surface area contributed by atoms with Gasteiger partial charge in [0.15, 0.2) is 0 Å². The molecule has 0 aromatic heterocycles. The smallest absolute Gasteiger partial charge is 0.416 e. The van der Waals surface area contributed by atoms with Crippen LogP contribution >= 0.6 is 0 Å². The second-order valence-electron chi connectivity index (χ2n) is 5.99. The van der Waals surface area contributed by atoms with E-state index in [1.807, 2.05) is 6.07 Å². The van der Waals surface area contributed by atoms with Crippen molar-refractivity contribution in [2.45, 2.75) is 18.8 Å². The first-order valence-electron chi connectivity index (χ1n) is 7.93. The van der Waals surface area contributed by atoms with E-state index in [0.29, 0.717) is 24.4 Å². The van der Waals surface area contributed by atoms with E-state index in [-0.39, 0.29) is 6.61 Å². The number of alkyl halides is 3. The third kappa shape index (κ3) is 6.06. The second-order valence-corrected chi connectivity index (χ2v) is 5.99. The zero-order valence-corrected chi connectivity index (χ0v) is 14.2. The summed E-state index contributed by atoms with van der Waals surface area (Å²) in [5.41, 5.74) is 0.564. The molecule has 2 aromatic rings. The molecule has 0 radical (unpaired) electrons. The van der Waals surface area contributed by atoms with Gasteiger partial charge in [-0.15, -0.1) is 0 Å². The number of hydrogen-bond acceptors (Lipinski definition) is 4. The predicted octanol–water partition coefficient (Wildman–Crippen LogP) is 3.45. The van der Waals surface area contributed by atoms with E-state index in [0.717, 1.165) is 17.7 Å². The van der Waals surface area contributed by atoms with Crippen LogP contribution in [-0.4, -0.2) is 36.3 Å². The Bertz CT molecular complexity index is 737. The van der Waals surface area contributed by atoms with Gasteiger partial charge < -0.3 is 9.84 Å². The molecule has 0 spiro atoms. The normalized spacial score (nSPS) is 12.7. The maximum absolute atomic E-state index is 12.5. The van der Waals surface area contributed by atoms with Crippen molar-refractivity contribution in [3.63, 3.8) is 0 Å². The van der Waals surface area contributed by atoms with E-state index < -0.39 is 17.8 Å². The Morgan fingerprint density at radius 2 is 1.73 bits per heavy atom. The minimum Gasteiger partial charge on any atom is -0.491 e. The van der Waals surface area contributed by atoms with E-state index in [9.17, 15) is 18.3 Å². The number of benzene rings is 2. The zero-order chi connectivity index (χ0) is 19.2. The molecule has 7 heteroatoms. The maximum atomic E-state index is 12.5. The summed E-state index contributed by atoms with van der Waals surface area (Å²) in [5, 5.41) is 18.8. The highest BCUT2D eigenvalue weighted by Crippen LogP contribution is 2.29. The third-order valence-corrected chi connectivity index (χ3v) is 3.68. The monoisotopic (exact) mass is 364 g/mol. The van der Waals surface area contributed by atoms with Crippen LogP contribution in [0.2, 0.25) is 0 Å². The SMILES string of the molecule is CN(Cc1ccc(C(F)(F)F)cc1)CC(O)COc1ccc(C#N)cc1. The highest BCUT2D eigenvalue weighted by molar-refractivity contribution is 5.34. The fraction of sp³-hybridized carbons (Fsp3) is 0.316. The number of aliphatic hydroxyl groups excluding tert-OH is 1. The van der Waals surface area contributed by atoms with Gasteiger partial charge in [-0.05, 0) is 49.0 Å². The van der Waals surface area contributed by atoms with Gasteiger partial charge >= 0.3 is 6.18 Å². The van der Waals surface area contributed by atoms with Gasteiger partial charge in [0, 0.05) is 13.1 Å². The fourth-order valence-electron chi connectivity index (χ4n) is 2.41. The van der Waals surface area contributed by atoms with Gasteiger partial charge in [-0.3, -0.25) is 4.90 Å². The van der Waals surface area contributed by atoms with E-state index in [4.69, 9.17) is 10.00 Å². The van der Waals surface area contributed by atoms with Crippen LogP contribution in [0.4, 0.5) is 13.2 Å². The van der Waals surface area contributed by atoms with Crippen LogP contribution in [0.15, 0.2) is 48.5 Å². The number of nitriles is 1. The van der Waals surface area contributed by atoms with Crippen molar-refractivity contribution in [2.75, 3.05) is 20.2 Å². The molecule has 0 saturated heterocycles. The first-order valence-corrected chi connectivity index (χ1v) is 7.93. The lowest BCUT2D eigenvalue weighted by Crippen LogP contribution is -2.32. The summed E-state index contributed by atoms with van der Waals surface area (Å²) in [4.78, 5) is 1.80. The van der Waals surface area contributed by atoms with Crippen LogP contribution in [0.5, 0.6) is 5.75 Å². The molecule has 0 aliphatic carbocycles. The molecule has 0 aliphatic heterocycles. The number of ether oxygens (including phenoxy) is 1. The van der Waals surface area contributed by atoms with E-state index in [1.165, 1.54) is 12.1 Å². The average molecular weight is 364 g/mol. The lowest BCUT2D eigenvalue weighted by Gasteiger charge is -2.21. The van der Waals surface area contributed by atoms with Gasteiger partial charge in [0.2, 0.25) is 0 Å². The molecule has 0 heterocycles. The summed E-state index contributed by atoms with van der Waals surface area (Å²) in [5.74, 6) is 0.549. The number of hydrogen-bond donors (Lipinski definition) is 1. The van der Waals surface area contributed by atoms with Crippen LogP contribution in [0.25, 0.3) is 0 Å². The molecular weight excluding hydrogens is 345 g/mol. The maximum Gasteiger partial charge on any atom is 0.416 e. The largest absolute Gasteiger partial charge is 0.491 e. The van der Waals surface area contributed by atoms with Crippen molar-refractivity contribution in [1.29, 1.82) is 5.26 Å². The van der Waals surface area contributed by atoms with Gasteiger partial charge in [-0.2, -0.15) is 18.4 Å². The molecule has 0 aliphatic rings. The molecule has 2 rings (SSSR count). The lowest BCUT2D eigenvalue weighted by atomic mass is 10.1. The molecule has 0 fully saturated rings. The number of likely N-dealkylation sites (N-methyl/N-ethyl adjacent to an activating group) is 1. The Morgan fingerprint density at radius 1 is 1.12 bits per heavy atom. The molecule has 0 amide bonds. The molecule has 0 saturated carbocycles. The van der Waals surface area contributed by atoms with Crippen molar-refractivity contribution < 1.29 is 23.0 Å². The molecule has 26 heavy (non-hydrogen) atoms. The van der Waals surface area contributed by atoms with E-state index in [2.05, 4.69) is 0 Å². The topological polar surface area (TPSA) is 56.5 Å². The quantitative estimate of drug-likeness (QED) is 0.818. The Hall–Kier alpha value is -2.56. The molecule has 2 aromatic carbocycles. The second kappa shape index (κ2) is 8.70. The molecule has 1 atom stereocenters. The standard InChI is InChI=1S/C19H19F3N2O2/c1-24(11-15-2-6-16(7-3-15)19(20,21)22)12-17(25)13-26-18-8-4-14(10-23)5-9-18/h2-9,17,25H,11-13H2,1H3. The zero-order valence-electron chi connectivity index (χ0n) is 14.2. The number of nitrogens with zero attached hydrogens (tertiary/aromatic N) is 2.